The van der Waals surface area contributed by atoms with Crippen molar-refractivity contribution >= 4 is 17.1 Å². The Bertz CT molecular complexity index is 748. The van der Waals surface area contributed by atoms with Crippen molar-refractivity contribution in [1.82, 2.24) is 0 Å². The first-order valence-electron chi connectivity index (χ1n) is 9.17. The molecule has 0 aliphatic rings. The van der Waals surface area contributed by atoms with Gasteiger partial charge in [-0.05, 0) is 42.8 Å². The Balaban J connectivity index is 1.93. The molecule has 0 saturated carbocycles. The fourth-order valence-electron chi connectivity index (χ4n) is 2.51. The third kappa shape index (κ3) is 6.56. The van der Waals surface area contributed by atoms with E-state index in [4.69, 9.17) is 15.7 Å². The van der Waals surface area contributed by atoms with E-state index in [9.17, 15) is 0 Å². The summed E-state index contributed by atoms with van der Waals surface area (Å²) < 4.78 is 5.87. The molecule has 0 unspecified atom stereocenters. The average Bonchev–Trinajstić information content (AvgIpc) is 2.67. The lowest BCUT2D eigenvalue weighted by molar-refractivity contribution is 0.305. The van der Waals surface area contributed by atoms with E-state index in [-0.39, 0.29) is 0 Å². The van der Waals surface area contributed by atoms with Gasteiger partial charge in [-0.25, -0.2) is 0 Å². The van der Waals surface area contributed by atoms with Crippen LogP contribution in [0.5, 0.6) is 5.75 Å². The first-order valence-corrected chi connectivity index (χ1v) is 9.17. The van der Waals surface area contributed by atoms with Crippen LogP contribution in [0.4, 0.5) is 17.1 Å². The lowest BCUT2D eigenvalue weighted by Crippen LogP contribution is -1.98. The van der Waals surface area contributed by atoms with Gasteiger partial charge in [0.15, 0.2) is 0 Å². The number of benzene rings is 2. The molecule has 0 fully saturated rings. The minimum atomic E-state index is 0.597. The van der Waals surface area contributed by atoms with Gasteiger partial charge in [0.05, 0.1) is 23.9 Å². The molecule has 0 aliphatic carbocycles. The monoisotopic (exact) mass is 350 g/mol. The van der Waals surface area contributed by atoms with Gasteiger partial charge in [-0.3, -0.25) is 0 Å². The van der Waals surface area contributed by atoms with Crippen molar-refractivity contribution in [3.63, 3.8) is 0 Å². The molecule has 2 aromatic carbocycles. The molecule has 0 aliphatic heterocycles. The third-order valence-corrected chi connectivity index (χ3v) is 4.01. The first kappa shape index (κ1) is 19.5. The summed E-state index contributed by atoms with van der Waals surface area (Å²) in [7, 11) is 0. The van der Waals surface area contributed by atoms with Gasteiger partial charge < -0.3 is 10.5 Å². The molecule has 0 saturated heterocycles. The van der Waals surface area contributed by atoms with Crippen molar-refractivity contribution in [2.24, 2.45) is 10.2 Å². The lowest BCUT2D eigenvalue weighted by atomic mass is 10.1. The zero-order valence-electron chi connectivity index (χ0n) is 15.3. The average molecular weight is 350 g/mol. The lowest BCUT2D eigenvalue weighted by Gasteiger charge is -2.09. The molecule has 5 nitrogen and oxygen atoms in total. The van der Waals surface area contributed by atoms with E-state index in [1.165, 1.54) is 32.1 Å². The van der Waals surface area contributed by atoms with Crippen molar-refractivity contribution in [3.05, 3.63) is 48.0 Å². The summed E-state index contributed by atoms with van der Waals surface area (Å²) in [5, 5.41) is 17.3. The number of azo groups is 1. The van der Waals surface area contributed by atoms with Crippen LogP contribution in [0.1, 0.15) is 51.0 Å². The summed E-state index contributed by atoms with van der Waals surface area (Å²) in [4.78, 5) is 0. The summed E-state index contributed by atoms with van der Waals surface area (Å²) in [6, 6.07) is 14.4. The van der Waals surface area contributed by atoms with Crippen LogP contribution in [0.25, 0.3) is 0 Å². The van der Waals surface area contributed by atoms with E-state index >= 15 is 0 Å². The van der Waals surface area contributed by atoms with E-state index < -0.39 is 0 Å². The zero-order valence-corrected chi connectivity index (χ0v) is 15.3. The molecule has 0 spiro atoms. The van der Waals surface area contributed by atoms with Crippen LogP contribution in [0.15, 0.2) is 52.7 Å². The van der Waals surface area contributed by atoms with E-state index in [0.717, 1.165) is 6.42 Å². The number of nitrogens with zero attached hydrogens (tertiary/aromatic N) is 3. The summed E-state index contributed by atoms with van der Waals surface area (Å²) >= 11 is 0. The van der Waals surface area contributed by atoms with Crippen LogP contribution in [0.2, 0.25) is 0 Å². The van der Waals surface area contributed by atoms with E-state index in [1.807, 2.05) is 0 Å². The number of nitrogens with two attached hydrogens (primary N) is 1. The van der Waals surface area contributed by atoms with Crippen LogP contribution >= 0.6 is 0 Å². The van der Waals surface area contributed by atoms with Crippen molar-refractivity contribution in [2.45, 2.75) is 45.4 Å². The molecular formula is C21H26N4O. The van der Waals surface area contributed by atoms with Gasteiger partial charge >= 0.3 is 0 Å². The Kier molecular flexibility index (Phi) is 8.14. The maximum atomic E-state index is 8.83. The Morgan fingerprint density at radius 1 is 0.962 bits per heavy atom. The number of rotatable bonds is 10. The van der Waals surface area contributed by atoms with E-state index in [1.54, 1.807) is 42.5 Å². The number of nitriles is 1. The summed E-state index contributed by atoms with van der Waals surface area (Å²) in [6.45, 7) is 2.87. The Morgan fingerprint density at radius 2 is 1.69 bits per heavy atom. The second kappa shape index (κ2) is 10.9. The maximum absolute atomic E-state index is 8.83. The molecule has 26 heavy (non-hydrogen) atoms. The number of ether oxygens (including phenoxy) is 1. The minimum Gasteiger partial charge on any atom is -0.491 e. The number of anilines is 1. The van der Waals surface area contributed by atoms with Crippen LogP contribution in [0, 0.1) is 11.3 Å². The largest absolute Gasteiger partial charge is 0.491 e. The number of hydrogen-bond acceptors (Lipinski definition) is 5. The van der Waals surface area contributed by atoms with Crippen molar-refractivity contribution < 1.29 is 4.74 Å². The molecule has 0 radical (unpaired) electrons. The second-order valence-corrected chi connectivity index (χ2v) is 6.20. The number of nitrogen functional groups attached to an aromatic ring is 1. The van der Waals surface area contributed by atoms with Gasteiger partial charge in [0.1, 0.15) is 11.4 Å². The fourth-order valence-corrected chi connectivity index (χ4v) is 2.51. The summed E-state index contributed by atoms with van der Waals surface area (Å²) in [5.41, 5.74) is 8.44. The Morgan fingerprint density at radius 3 is 2.42 bits per heavy atom. The topological polar surface area (TPSA) is 83.8 Å². The third-order valence-electron chi connectivity index (χ3n) is 4.01. The van der Waals surface area contributed by atoms with Crippen molar-refractivity contribution in [3.8, 4) is 11.8 Å². The normalized spacial score (nSPS) is 10.8. The molecule has 0 aromatic heterocycles. The molecular weight excluding hydrogens is 324 g/mol. The molecule has 2 aromatic rings. The highest BCUT2D eigenvalue weighted by atomic mass is 16.5. The van der Waals surface area contributed by atoms with Gasteiger partial charge in [0.25, 0.3) is 0 Å². The van der Waals surface area contributed by atoms with Gasteiger partial charge in [-0.1, -0.05) is 39.0 Å². The molecule has 136 valence electrons. The Hall–Kier alpha value is -2.87. The van der Waals surface area contributed by atoms with Crippen molar-refractivity contribution in [2.75, 3.05) is 12.3 Å². The highest BCUT2D eigenvalue weighted by molar-refractivity contribution is 5.59. The zero-order chi connectivity index (χ0) is 18.6. The molecule has 0 atom stereocenters. The van der Waals surface area contributed by atoms with Gasteiger partial charge in [-0.15, -0.1) is 5.11 Å². The SMILES string of the molecule is CCCCCCCCOc1cc(N)ccc1/N=N/c1ccc(C#N)cc1. The summed E-state index contributed by atoms with van der Waals surface area (Å²) in [5.74, 6) is 0.649. The molecule has 5 heteroatoms. The molecule has 0 bridgehead atoms. The van der Waals surface area contributed by atoms with Crippen LogP contribution in [-0.2, 0) is 0 Å². The second-order valence-electron chi connectivity index (χ2n) is 6.20. The number of hydrogen-bond donors (Lipinski definition) is 1. The quantitative estimate of drug-likeness (QED) is 0.310. The predicted molar refractivity (Wildman–Crippen MR) is 105 cm³/mol. The molecule has 2 rings (SSSR count). The van der Waals surface area contributed by atoms with Crippen LogP contribution in [0.3, 0.4) is 0 Å². The fraction of sp³-hybridized carbons (Fsp3) is 0.381. The van der Waals surface area contributed by atoms with Crippen LogP contribution in [-0.4, -0.2) is 6.61 Å². The predicted octanol–water partition coefficient (Wildman–Crippen LogP) is 6.30. The van der Waals surface area contributed by atoms with Crippen LogP contribution < -0.4 is 10.5 Å². The summed E-state index contributed by atoms with van der Waals surface area (Å²) in [6.07, 6.45) is 7.29. The van der Waals surface area contributed by atoms with Gasteiger partial charge in [0.2, 0.25) is 0 Å². The smallest absolute Gasteiger partial charge is 0.148 e. The Labute approximate surface area is 155 Å². The van der Waals surface area contributed by atoms with Gasteiger partial charge in [0, 0.05) is 11.8 Å². The van der Waals surface area contributed by atoms with E-state index in [0.29, 0.717) is 35.0 Å². The standard InChI is InChI=1S/C21H26N4O/c1-2-3-4-5-6-7-14-26-21-15-18(23)10-13-20(21)25-24-19-11-8-17(16-22)9-12-19/h8-13,15H,2-7,14,23H2,1H3/b25-24+. The molecule has 2 N–H and O–H groups in total. The van der Waals surface area contributed by atoms with Gasteiger partial charge in [-0.2, -0.15) is 10.4 Å². The van der Waals surface area contributed by atoms with E-state index in [2.05, 4.69) is 23.2 Å². The van der Waals surface area contributed by atoms with Crippen molar-refractivity contribution in [1.29, 1.82) is 5.26 Å². The minimum absolute atomic E-state index is 0.597. The molecule has 0 heterocycles. The highest BCUT2D eigenvalue weighted by Gasteiger charge is 2.04. The maximum Gasteiger partial charge on any atom is 0.148 e. The molecule has 0 amide bonds. The number of unbranched alkanes of at least 4 members (excludes halogenated alkanes) is 5. The highest BCUT2D eigenvalue weighted by Crippen LogP contribution is 2.31. The first-order chi connectivity index (χ1) is 12.7.